The minimum absolute atomic E-state index is 0.0597. The number of carboxylic acids is 1. The Hall–Kier alpha value is -2.32. The van der Waals surface area contributed by atoms with Gasteiger partial charge in [-0.3, -0.25) is 0 Å². The molecule has 8 nitrogen and oxygen atoms in total. The van der Waals surface area contributed by atoms with Crippen molar-refractivity contribution < 1.29 is 28.9 Å². The number of carboxylic acid groups (broad SMARTS) is 1. The molecule has 1 aromatic carbocycles. The Bertz CT molecular complexity index is 691. The molecule has 8 heteroatoms. The zero-order valence-corrected chi connectivity index (χ0v) is 20.1. The molecule has 0 radical (unpaired) electrons. The van der Waals surface area contributed by atoms with Gasteiger partial charge in [-0.1, -0.05) is 38.3 Å². The lowest BCUT2D eigenvalue weighted by atomic mass is 10.1. The molecule has 0 aromatic heterocycles. The molecule has 0 bridgehead atoms. The molecule has 0 aliphatic heterocycles. The molecule has 186 valence electrons. The van der Waals surface area contributed by atoms with Crippen molar-refractivity contribution in [3.63, 3.8) is 0 Å². The van der Waals surface area contributed by atoms with Crippen LogP contribution in [0.4, 0.5) is 4.79 Å². The van der Waals surface area contributed by atoms with Gasteiger partial charge in [0.25, 0.3) is 0 Å². The van der Waals surface area contributed by atoms with Crippen molar-refractivity contribution in [1.29, 1.82) is 0 Å². The lowest BCUT2D eigenvalue weighted by Gasteiger charge is -2.25. The second kappa shape index (κ2) is 15.5. The molecule has 1 aliphatic rings. The maximum absolute atomic E-state index is 12.8. The fourth-order valence-electron chi connectivity index (χ4n) is 3.80. The monoisotopic (exact) mass is 464 g/mol. The van der Waals surface area contributed by atoms with Crippen molar-refractivity contribution in [2.45, 2.75) is 70.9 Å². The average molecular weight is 465 g/mol. The molecule has 0 spiro atoms. The van der Waals surface area contributed by atoms with E-state index in [0.717, 1.165) is 31.2 Å². The average Bonchev–Trinajstić information content (AvgIpc) is 3.31. The van der Waals surface area contributed by atoms with Crippen LogP contribution in [-0.2, 0) is 20.7 Å². The summed E-state index contributed by atoms with van der Waals surface area (Å²) in [6.45, 7) is 6.83. The number of aliphatic carboxylic acids is 1. The van der Waals surface area contributed by atoms with Gasteiger partial charge in [-0.15, -0.1) is 0 Å². The Labute approximate surface area is 197 Å². The maximum Gasteiger partial charge on any atom is 0.333 e. The Morgan fingerprint density at radius 2 is 1.79 bits per heavy atom. The normalized spacial score (nSPS) is 14.7. The first-order valence-electron chi connectivity index (χ1n) is 12.2. The van der Waals surface area contributed by atoms with E-state index in [0.29, 0.717) is 51.7 Å². The van der Waals surface area contributed by atoms with Gasteiger partial charge in [0.2, 0.25) is 0 Å². The molecule has 2 rings (SSSR count). The van der Waals surface area contributed by atoms with Gasteiger partial charge in [0, 0.05) is 32.2 Å². The fraction of sp³-hybridized carbons (Fsp3) is 0.680. The molecule has 2 N–H and O–H groups in total. The van der Waals surface area contributed by atoms with Crippen LogP contribution in [0.25, 0.3) is 0 Å². The molecular formula is C25H40N2O6. The molecule has 2 amide bonds. The van der Waals surface area contributed by atoms with Crippen LogP contribution in [0.3, 0.4) is 0 Å². The van der Waals surface area contributed by atoms with Crippen LogP contribution in [0, 0.1) is 0 Å². The summed E-state index contributed by atoms with van der Waals surface area (Å²) in [6, 6.07) is 7.53. The molecule has 1 aromatic rings. The molecule has 0 heterocycles. The number of carbonyl (C=O) groups excluding carboxylic acids is 1. The predicted molar refractivity (Wildman–Crippen MR) is 127 cm³/mol. The second-order valence-electron chi connectivity index (χ2n) is 8.36. The largest absolute Gasteiger partial charge is 0.492 e. The highest BCUT2D eigenvalue weighted by Gasteiger charge is 2.21. The number of urea groups is 1. The van der Waals surface area contributed by atoms with Gasteiger partial charge >= 0.3 is 12.0 Å². The number of amides is 2. The molecule has 33 heavy (non-hydrogen) atoms. The number of rotatable bonds is 16. The van der Waals surface area contributed by atoms with Gasteiger partial charge in [0.05, 0.1) is 13.2 Å². The van der Waals surface area contributed by atoms with Crippen LogP contribution in [0.2, 0.25) is 0 Å². The second-order valence-corrected chi connectivity index (χ2v) is 8.36. The summed E-state index contributed by atoms with van der Waals surface area (Å²) in [7, 11) is 0. The summed E-state index contributed by atoms with van der Waals surface area (Å²) in [5, 5.41) is 12.4. The molecule has 0 saturated heterocycles. The van der Waals surface area contributed by atoms with E-state index in [2.05, 4.69) is 12.2 Å². The Morgan fingerprint density at radius 3 is 2.42 bits per heavy atom. The summed E-state index contributed by atoms with van der Waals surface area (Å²) in [4.78, 5) is 25.8. The molecule has 1 fully saturated rings. The van der Waals surface area contributed by atoms with Crippen LogP contribution in [0.15, 0.2) is 24.3 Å². The highest BCUT2D eigenvalue weighted by Crippen LogP contribution is 2.18. The number of hydrogen-bond donors (Lipinski definition) is 2. The number of carbonyl (C=O) groups is 2. The lowest BCUT2D eigenvalue weighted by Crippen LogP contribution is -2.46. The molecule has 1 aliphatic carbocycles. The zero-order chi connectivity index (χ0) is 23.9. The summed E-state index contributed by atoms with van der Waals surface area (Å²) in [6.07, 6.45) is 5.98. The summed E-state index contributed by atoms with van der Waals surface area (Å²) < 4.78 is 16.8. The number of hydrogen-bond acceptors (Lipinski definition) is 5. The van der Waals surface area contributed by atoms with Crippen LogP contribution in [0.1, 0.15) is 57.9 Å². The standard InChI is InChI=1S/C25H40N2O6/c1-3-5-16-31-17-14-27(25(30)26-21-8-6-7-9-21)15-18-33-22-12-10-20(11-13-22)19-23(24(28)29)32-4-2/h10-13,21,23H,3-9,14-19H2,1-2H3,(H,26,30)(H,28,29). The highest BCUT2D eigenvalue weighted by atomic mass is 16.5. The van der Waals surface area contributed by atoms with Gasteiger partial charge in [-0.25, -0.2) is 9.59 Å². The zero-order valence-electron chi connectivity index (χ0n) is 20.1. The van der Waals surface area contributed by atoms with E-state index in [1.807, 2.05) is 24.3 Å². The number of nitrogens with one attached hydrogen (secondary N) is 1. The maximum atomic E-state index is 12.8. The SMILES string of the molecule is CCCCOCCN(CCOc1ccc(CC(OCC)C(=O)O)cc1)C(=O)NC1CCCC1. The van der Waals surface area contributed by atoms with Gasteiger partial charge in [0.15, 0.2) is 6.10 Å². The summed E-state index contributed by atoms with van der Waals surface area (Å²) >= 11 is 0. The first-order valence-corrected chi connectivity index (χ1v) is 12.2. The minimum atomic E-state index is -0.966. The quantitative estimate of drug-likeness (QED) is 0.361. The van der Waals surface area contributed by atoms with Gasteiger partial charge < -0.3 is 29.5 Å². The van der Waals surface area contributed by atoms with E-state index in [1.54, 1.807) is 11.8 Å². The third kappa shape index (κ3) is 10.4. The minimum Gasteiger partial charge on any atom is -0.492 e. The predicted octanol–water partition coefficient (Wildman–Crippen LogP) is 3.87. The number of benzene rings is 1. The van der Waals surface area contributed by atoms with E-state index < -0.39 is 12.1 Å². The molecule has 1 atom stereocenters. The van der Waals surface area contributed by atoms with Gasteiger partial charge in [0.1, 0.15) is 12.4 Å². The van der Waals surface area contributed by atoms with Crippen molar-refractivity contribution in [3.05, 3.63) is 29.8 Å². The van der Waals surface area contributed by atoms with E-state index in [1.165, 1.54) is 12.8 Å². The Morgan fingerprint density at radius 1 is 1.09 bits per heavy atom. The van der Waals surface area contributed by atoms with Crippen molar-refractivity contribution in [2.75, 3.05) is 39.5 Å². The van der Waals surface area contributed by atoms with Crippen LogP contribution < -0.4 is 10.1 Å². The fourth-order valence-corrected chi connectivity index (χ4v) is 3.80. The number of ether oxygens (including phenoxy) is 3. The summed E-state index contributed by atoms with van der Waals surface area (Å²) in [5.74, 6) is -0.288. The van der Waals surface area contributed by atoms with Crippen LogP contribution >= 0.6 is 0 Å². The summed E-state index contributed by atoms with van der Waals surface area (Å²) in [5.41, 5.74) is 0.866. The van der Waals surface area contributed by atoms with Gasteiger partial charge in [-0.2, -0.15) is 0 Å². The molecule has 1 unspecified atom stereocenters. The molecular weight excluding hydrogens is 424 g/mol. The van der Waals surface area contributed by atoms with Crippen LogP contribution in [0.5, 0.6) is 5.75 Å². The topological polar surface area (TPSA) is 97.3 Å². The van der Waals surface area contributed by atoms with E-state index >= 15 is 0 Å². The van der Waals surface area contributed by atoms with Crippen molar-refractivity contribution >= 4 is 12.0 Å². The molecule has 1 saturated carbocycles. The highest BCUT2D eigenvalue weighted by molar-refractivity contribution is 5.74. The first-order chi connectivity index (χ1) is 16.0. The number of nitrogens with zero attached hydrogens (tertiary/aromatic N) is 1. The first kappa shape index (κ1) is 26.9. The van der Waals surface area contributed by atoms with Gasteiger partial charge in [-0.05, 0) is 43.9 Å². The van der Waals surface area contributed by atoms with Crippen LogP contribution in [-0.4, -0.2) is 73.7 Å². The van der Waals surface area contributed by atoms with E-state index in [-0.39, 0.29) is 12.1 Å². The van der Waals surface area contributed by atoms with Crippen molar-refractivity contribution in [2.24, 2.45) is 0 Å². The van der Waals surface area contributed by atoms with E-state index in [9.17, 15) is 14.7 Å². The number of unbranched alkanes of at least 4 members (excludes halogenated alkanes) is 1. The van der Waals surface area contributed by atoms with E-state index in [4.69, 9.17) is 14.2 Å². The Balaban J connectivity index is 1.82. The smallest absolute Gasteiger partial charge is 0.333 e. The van der Waals surface area contributed by atoms with Crippen molar-refractivity contribution in [1.82, 2.24) is 10.2 Å². The third-order valence-corrected chi connectivity index (χ3v) is 5.74. The lowest BCUT2D eigenvalue weighted by molar-refractivity contribution is -0.149. The van der Waals surface area contributed by atoms with Crippen molar-refractivity contribution in [3.8, 4) is 5.75 Å². The Kier molecular flexibility index (Phi) is 12.7. The third-order valence-electron chi connectivity index (χ3n) is 5.74.